The minimum atomic E-state index is -0.769. The Labute approximate surface area is 244 Å². The van der Waals surface area contributed by atoms with Crippen molar-refractivity contribution in [3.05, 3.63) is 80.6 Å². The molecule has 2 aliphatic heterocycles. The molecular formula is C29H27ClFN7O4. The molecule has 0 N–H and O–H groups in total. The molecular weight excluding hydrogens is 565 g/mol. The fraction of sp³-hybridized carbons (Fsp3) is 0.310. The van der Waals surface area contributed by atoms with Crippen molar-refractivity contribution >= 4 is 34.4 Å². The van der Waals surface area contributed by atoms with Crippen LogP contribution >= 0.6 is 11.6 Å². The largest absolute Gasteiger partial charge is 0.489 e. The van der Waals surface area contributed by atoms with Crippen molar-refractivity contribution in [3.8, 4) is 22.7 Å². The van der Waals surface area contributed by atoms with Gasteiger partial charge in [0.15, 0.2) is 11.4 Å². The molecule has 0 unspecified atom stereocenters. The van der Waals surface area contributed by atoms with Gasteiger partial charge >= 0.3 is 5.69 Å². The lowest BCUT2D eigenvalue weighted by Gasteiger charge is -2.40. The van der Waals surface area contributed by atoms with E-state index in [-0.39, 0.29) is 70.2 Å². The summed E-state index contributed by atoms with van der Waals surface area (Å²) in [5.41, 5.74) is -0.738. The Hall–Kier alpha value is -4.58. The van der Waals surface area contributed by atoms with E-state index in [2.05, 4.69) is 16.5 Å². The number of aromatic nitrogens is 5. The lowest BCUT2D eigenvalue weighted by atomic mass is 10.1. The van der Waals surface area contributed by atoms with Crippen LogP contribution in [0, 0.1) is 5.82 Å². The molecule has 13 heteroatoms. The quantitative estimate of drug-likeness (QED) is 0.333. The molecule has 0 bridgehead atoms. The summed E-state index contributed by atoms with van der Waals surface area (Å²) in [6.45, 7) is 8.37. The maximum Gasteiger partial charge on any atom is 0.356 e. The maximum absolute atomic E-state index is 15.1. The average molecular weight is 592 g/mol. The van der Waals surface area contributed by atoms with Crippen molar-refractivity contribution in [2.75, 3.05) is 31.1 Å². The number of pyridine rings is 1. The van der Waals surface area contributed by atoms with Crippen molar-refractivity contribution in [2.45, 2.75) is 25.8 Å². The van der Waals surface area contributed by atoms with Crippen LogP contribution in [-0.2, 0) is 11.8 Å². The third kappa shape index (κ3) is 4.25. The summed E-state index contributed by atoms with van der Waals surface area (Å²) in [4.78, 5) is 57.1. The molecule has 4 aromatic rings. The van der Waals surface area contributed by atoms with E-state index < -0.39 is 17.1 Å². The zero-order chi connectivity index (χ0) is 29.9. The number of aryl methyl sites for hydroxylation is 1. The number of benzene rings is 1. The van der Waals surface area contributed by atoms with Crippen LogP contribution in [0.5, 0.6) is 5.75 Å². The van der Waals surface area contributed by atoms with Gasteiger partial charge in [-0.15, -0.1) is 0 Å². The Kier molecular flexibility index (Phi) is 6.80. The molecule has 216 valence electrons. The van der Waals surface area contributed by atoms with Gasteiger partial charge in [0.05, 0.1) is 23.8 Å². The van der Waals surface area contributed by atoms with Crippen LogP contribution in [0.2, 0.25) is 5.02 Å². The SMILES string of the molecule is C=CC(=O)N1CCN2c3nc(=O)n(-c4c(C(C)C)ncn(C)c4=O)c4nc(-c5ccccc5F)c(Cl)c(c34)OC[C@H]2C1. The topological polar surface area (TPSA) is 115 Å². The summed E-state index contributed by atoms with van der Waals surface area (Å²) in [6, 6.07) is 5.60. The normalized spacial score (nSPS) is 16.3. The van der Waals surface area contributed by atoms with E-state index in [9.17, 15) is 14.4 Å². The monoisotopic (exact) mass is 591 g/mol. The van der Waals surface area contributed by atoms with Crippen LogP contribution in [0.1, 0.15) is 25.5 Å². The van der Waals surface area contributed by atoms with Crippen LogP contribution < -0.4 is 20.9 Å². The van der Waals surface area contributed by atoms with Crippen LogP contribution in [0.15, 0.2) is 52.8 Å². The van der Waals surface area contributed by atoms with Crippen LogP contribution in [0.4, 0.5) is 10.2 Å². The van der Waals surface area contributed by atoms with Gasteiger partial charge in [0.1, 0.15) is 34.3 Å². The minimum Gasteiger partial charge on any atom is -0.489 e. The van der Waals surface area contributed by atoms with Crippen molar-refractivity contribution in [1.82, 2.24) is 29.0 Å². The molecule has 1 saturated heterocycles. The van der Waals surface area contributed by atoms with Gasteiger partial charge in [0.2, 0.25) is 5.91 Å². The number of amides is 1. The van der Waals surface area contributed by atoms with Crippen LogP contribution in [0.25, 0.3) is 28.0 Å². The molecule has 1 aromatic carbocycles. The van der Waals surface area contributed by atoms with Crippen molar-refractivity contribution in [3.63, 3.8) is 0 Å². The van der Waals surface area contributed by atoms with Gasteiger partial charge < -0.3 is 19.1 Å². The second-order valence-corrected chi connectivity index (χ2v) is 10.9. The van der Waals surface area contributed by atoms with E-state index in [0.717, 1.165) is 4.57 Å². The number of piperazine rings is 1. The fourth-order valence-corrected chi connectivity index (χ4v) is 5.81. The standard InChI is InChI=1S/C29H27ClFN7O4/c1-5-19(39)36-10-11-37-16(12-36)13-42-25-20-26(37)34-29(41)38(24-22(15(2)3)32-14-35(4)28(24)40)27(20)33-23(21(25)30)17-8-6-7-9-18(17)31/h5-9,14-16H,1,10-13H2,2-4H3/t16-/m1/s1. The van der Waals surface area contributed by atoms with Crippen molar-refractivity contribution in [1.29, 1.82) is 0 Å². The van der Waals surface area contributed by atoms with Crippen LogP contribution in [0.3, 0.4) is 0 Å². The van der Waals surface area contributed by atoms with E-state index >= 15 is 4.39 Å². The first-order chi connectivity index (χ1) is 20.1. The predicted octanol–water partition coefficient (Wildman–Crippen LogP) is 3.05. The van der Waals surface area contributed by atoms with E-state index in [0.29, 0.717) is 24.2 Å². The van der Waals surface area contributed by atoms with Gasteiger partial charge in [-0.2, -0.15) is 4.98 Å². The molecule has 6 rings (SSSR count). The average Bonchev–Trinajstić information content (AvgIpc) is 3.13. The number of fused-ring (bicyclic) bond motifs is 2. The zero-order valence-electron chi connectivity index (χ0n) is 23.2. The predicted molar refractivity (Wildman–Crippen MR) is 156 cm³/mol. The van der Waals surface area contributed by atoms with E-state index in [1.54, 1.807) is 17.0 Å². The molecule has 0 saturated carbocycles. The zero-order valence-corrected chi connectivity index (χ0v) is 23.9. The fourth-order valence-electron chi connectivity index (χ4n) is 5.51. The third-order valence-corrected chi connectivity index (χ3v) is 7.95. The van der Waals surface area contributed by atoms with Gasteiger partial charge in [0.25, 0.3) is 5.56 Å². The smallest absolute Gasteiger partial charge is 0.356 e. The number of hydrogen-bond donors (Lipinski definition) is 0. The van der Waals surface area contributed by atoms with Gasteiger partial charge in [-0.25, -0.2) is 23.7 Å². The summed E-state index contributed by atoms with van der Waals surface area (Å²) in [7, 11) is 1.53. The van der Waals surface area contributed by atoms with Gasteiger partial charge in [0, 0.05) is 32.2 Å². The number of anilines is 1. The highest BCUT2D eigenvalue weighted by atomic mass is 35.5. The molecule has 3 aromatic heterocycles. The summed E-state index contributed by atoms with van der Waals surface area (Å²) < 4.78 is 23.8. The van der Waals surface area contributed by atoms with Gasteiger partial charge in [-0.05, 0) is 24.1 Å². The first-order valence-corrected chi connectivity index (χ1v) is 13.8. The van der Waals surface area contributed by atoms with E-state index in [4.69, 9.17) is 21.3 Å². The lowest BCUT2D eigenvalue weighted by molar-refractivity contribution is -0.126. The highest BCUT2D eigenvalue weighted by Crippen LogP contribution is 2.45. The molecule has 1 fully saturated rings. The van der Waals surface area contributed by atoms with Crippen molar-refractivity contribution < 1.29 is 13.9 Å². The number of carbonyl (C=O) groups excluding carboxylic acids is 1. The number of nitrogens with zero attached hydrogens (tertiary/aromatic N) is 7. The van der Waals surface area contributed by atoms with Gasteiger partial charge in [-0.3, -0.25) is 9.59 Å². The first kappa shape index (κ1) is 27.6. The number of rotatable bonds is 4. The maximum atomic E-state index is 15.1. The molecule has 0 radical (unpaired) electrons. The Morgan fingerprint density at radius 2 is 1.98 bits per heavy atom. The molecule has 2 aliphatic rings. The molecule has 5 heterocycles. The van der Waals surface area contributed by atoms with Crippen LogP contribution in [-0.4, -0.2) is 67.2 Å². The highest BCUT2D eigenvalue weighted by molar-refractivity contribution is 6.36. The summed E-state index contributed by atoms with van der Waals surface area (Å²) in [6.07, 6.45) is 2.64. The molecule has 11 nitrogen and oxygen atoms in total. The second kappa shape index (κ2) is 10.4. The van der Waals surface area contributed by atoms with Gasteiger partial charge in [-0.1, -0.05) is 44.2 Å². The number of halogens is 2. The van der Waals surface area contributed by atoms with E-state index in [1.165, 1.54) is 36.2 Å². The summed E-state index contributed by atoms with van der Waals surface area (Å²) in [5.74, 6) is -0.624. The third-order valence-electron chi connectivity index (χ3n) is 7.60. The number of ether oxygens (including phenoxy) is 1. The Balaban J connectivity index is 1.72. The molecule has 42 heavy (non-hydrogen) atoms. The Morgan fingerprint density at radius 1 is 1.21 bits per heavy atom. The summed E-state index contributed by atoms with van der Waals surface area (Å²) in [5, 5.41) is 0.328. The minimum absolute atomic E-state index is 0.0125. The highest BCUT2D eigenvalue weighted by Gasteiger charge is 2.37. The van der Waals surface area contributed by atoms with Crippen molar-refractivity contribution in [2.24, 2.45) is 7.05 Å². The number of hydrogen-bond acceptors (Lipinski definition) is 8. The number of carbonyl (C=O) groups is 1. The Bertz CT molecular complexity index is 1900. The molecule has 1 amide bonds. The first-order valence-electron chi connectivity index (χ1n) is 13.4. The molecule has 0 spiro atoms. The second-order valence-electron chi connectivity index (χ2n) is 10.5. The van der Waals surface area contributed by atoms with E-state index in [1.807, 2.05) is 18.7 Å². The Morgan fingerprint density at radius 3 is 2.69 bits per heavy atom. The molecule has 0 aliphatic carbocycles. The molecule has 1 atom stereocenters. The summed E-state index contributed by atoms with van der Waals surface area (Å²) >= 11 is 6.90. The lowest BCUT2D eigenvalue weighted by Crippen LogP contribution is -2.56.